The number of thiazole rings is 1. The molecule has 3 aromatic rings. The summed E-state index contributed by atoms with van der Waals surface area (Å²) in [5.41, 5.74) is 2.98. The van der Waals surface area contributed by atoms with E-state index in [2.05, 4.69) is 20.9 Å². The van der Waals surface area contributed by atoms with Crippen molar-refractivity contribution in [2.24, 2.45) is 0 Å². The van der Waals surface area contributed by atoms with Crippen LogP contribution in [-0.2, 0) is 27.2 Å². The van der Waals surface area contributed by atoms with Crippen LogP contribution in [0.3, 0.4) is 0 Å². The number of carbonyl (C=O) groups excluding carboxylic acids is 3. The molecule has 34 heavy (non-hydrogen) atoms. The molecular formula is C24H26N4O4S2. The molecule has 0 fully saturated rings. The van der Waals surface area contributed by atoms with Gasteiger partial charge in [-0.2, -0.15) is 0 Å². The van der Waals surface area contributed by atoms with E-state index in [4.69, 9.17) is 4.74 Å². The number of anilines is 2. The van der Waals surface area contributed by atoms with E-state index in [1.54, 1.807) is 31.4 Å². The SMILES string of the molecule is COc1cccc(CCNC(=O)Cc2csc(SCC(=O)Nc3cccc(NC(C)=O)c3)n2)c1. The molecule has 0 aliphatic heterocycles. The van der Waals surface area contributed by atoms with Gasteiger partial charge < -0.3 is 20.7 Å². The molecule has 0 saturated heterocycles. The summed E-state index contributed by atoms with van der Waals surface area (Å²) in [6.45, 7) is 1.96. The van der Waals surface area contributed by atoms with Crippen LogP contribution in [0.25, 0.3) is 0 Å². The monoisotopic (exact) mass is 498 g/mol. The highest BCUT2D eigenvalue weighted by molar-refractivity contribution is 8.01. The zero-order valence-corrected chi connectivity index (χ0v) is 20.6. The quantitative estimate of drug-likeness (QED) is 0.348. The number of nitrogens with zero attached hydrogens (tertiary/aromatic N) is 1. The third-order valence-electron chi connectivity index (χ3n) is 4.54. The van der Waals surface area contributed by atoms with E-state index < -0.39 is 0 Å². The van der Waals surface area contributed by atoms with Gasteiger partial charge in [0.1, 0.15) is 5.75 Å². The van der Waals surface area contributed by atoms with Gasteiger partial charge in [0.05, 0.1) is 25.0 Å². The van der Waals surface area contributed by atoms with Crippen LogP contribution in [0.4, 0.5) is 11.4 Å². The van der Waals surface area contributed by atoms with Crippen molar-refractivity contribution in [2.45, 2.75) is 24.1 Å². The summed E-state index contributed by atoms with van der Waals surface area (Å²) < 4.78 is 5.93. The van der Waals surface area contributed by atoms with Gasteiger partial charge in [0, 0.05) is 30.2 Å². The Morgan fingerprint density at radius 2 is 1.79 bits per heavy atom. The molecule has 1 aromatic heterocycles. The van der Waals surface area contributed by atoms with E-state index in [9.17, 15) is 14.4 Å². The number of ether oxygens (including phenoxy) is 1. The summed E-state index contributed by atoms with van der Waals surface area (Å²) in [7, 11) is 1.63. The molecule has 0 unspecified atom stereocenters. The Bertz CT molecular complexity index is 1150. The molecule has 8 nitrogen and oxygen atoms in total. The van der Waals surface area contributed by atoms with Gasteiger partial charge in [-0.25, -0.2) is 4.98 Å². The van der Waals surface area contributed by atoms with Crippen molar-refractivity contribution in [3.63, 3.8) is 0 Å². The van der Waals surface area contributed by atoms with Crippen LogP contribution in [0.2, 0.25) is 0 Å². The molecule has 1 heterocycles. The van der Waals surface area contributed by atoms with Crippen LogP contribution in [0.1, 0.15) is 18.2 Å². The van der Waals surface area contributed by atoms with Crippen molar-refractivity contribution in [1.82, 2.24) is 10.3 Å². The van der Waals surface area contributed by atoms with E-state index in [1.165, 1.54) is 30.0 Å². The molecule has 0 bridgehead atoms. The Morgan fingerprint density at radius 1 is 1.03 bits per heavy atom. The number of rotatable bonds is 11. The average Bonchev–Trinajstić information content (AvgIpc) is 3.25. The fourth-order valence-electron chi connectivity index (χ4n) is 3.04. The Hall–Kier alpha value is -3.37. The minimum absolute atomic E-state index is 0.0958. The normalized spacial score (nSPS) is 10.4. The van der Waals surface area contributed by atoms with E-state index >= 15 is 0 Å². The van der Waals surface area contributed by atoms with Crippen LogP contribution < -0.4 is 20.7 Å². The van der Waals surface area contributed by atoms with E-state index in [1.807, 2.05) is 29.6 Å². The third kappa shape index (κ3) is 8.53. The zero-order valence-electron chi connectivity index (χ0n) is 18.9. The molecular weight excluding hydrogens is 472 g/mol. The summed E-state index contributed by atoms with van der Waals surface area (Å²) in [6, 6.07) is 14.7. The Labute approximate surface area is 206 Å². The minimum Gasteiger partial charge on any atom is -0.497 e. The molecule has 2 aromatic carbocycles. The number of hydrogen-bond donors (Lipinski definition) is 3. The maximum absolute atomic E-state index is 12.3. The molecule has 178 valence electrons. The van der Waals surface area contributed by atoms with E-state index in [0.717, 1.165) is 15.7 Å². The summed E-state index contributed by atoms with van der Waals surface area (Å²) in [4.78, 5) is 40.1. The lowest BCUT2D eigenvalue weighted by atomic mass is 10.1. The number of carbonyl (C=O) groups is 3. The lowest BCUT2D eigenvalue weighted by molar-refractivity contribution is -0.120. The summed E-state index contributed by atoms with van der Waals surface area (Å²) in [5, 5.41) is 10.2. The van der Waals surface area contributed by atoms with Gasteiger partial charge in [-0.15, -0.1) is 11.3 Å². The molecule has 0 spiro atoms. The molecule has 0 atom stereocenters. The van der Waals surface area contributed by atoms with Gasteiger partial charge in [-0.3, -0.25) is 14.4 Å². The maximum Gasteiger partial charge on any atom is 0.234 e. The minimum atomic E-state index is -0.183. The zero-order chi connectivity index (χ0) is 24.3. The first-order valence-electron chi connectivity index (χ1n) is 10.6. The molecule has 0 aliphatic rings. The van der Waals surface area contributed by atoms with Gasteiger partial charge in [0.15, 0.2) is 4.34 Å². The Kier molecular flexibility index (Phi) is 9.48. The predicted octanol–water partition coefficient (Wildman–Crippen LogP) is 3.74. The first kappa shape index (κ1) is 25.3. The fraction of sp³-hybridized carbons (Fsp3) is 0.250. The van der Waals surface area contributed by atoms with Crippen molar-refractivity contribution in [1.29, 1.82) is 0 Å². The molecule has 0 aliphatic carbocycles. The highest BCUT2D eigenvalue weighted by Gasteiger charge is 2.10. The van der Waals surface area contributed by atoms with Crippen LogP contribution in [0.5, 0.6) is 5.75 Å². The number of nitrogens with one attached hydrogen (secondary N) is 3. The number of aromatic nitrogens is 1. The second-order valence-electron chi connectivity index (χ2n) is 7.33. The molecule has 3 amide bonds. The van der Waals surface area contributed by atoms with Gasteiger partial charge in [0.25, 0.3) is 0 Å². The number of amides is 3. The highest BCUT2D eigenvalue weighted by Crippen LogP contribution is 2.23. The fourth-order valence-corrected chi connectivity index (χ4v) is 4.68. The van der Waals surface area contributed by atoms with Gasteiger partial charge in [-0.1, -0.05) is 30.0 Å². The summed E-state index contributed by atoms with van der Waals surface area (Å²) in [6.07, 6.45) is 0.904. The summed E-state index contributed by atoms with van der Waals surface area (Å²) >= 11 is 2.72. The molecule has 3 rings (SSSR count). The van der Waals surface area contributed by atoms with Crippen molar-refractivity contribution < 1.29 is 19.1 Å². The second-order valence-corrected chi connectivity index (χ2v) is 9.41. The van der Waals surface area contributed by atoms with Crippen molar-refractivity contribution in [3.8, 4) is 5.75 Å². The first-order chi connectivity index (χ1) is 16.4. The molecule has 0 radical (unpaired) electrons. The molecule has 3 N–H and O–H groups in total. The lowest BCUT2D eigenvalue weighted by Gasteiger charge is -2.07. The average molecular weight is 499 g/mol. The van der Waals surface area contributed by atoms with Crippen molar-refractivity contribution in [2.75, 3.05) is 30.0 Å². The smallest absolute Gasteiger partial charge is 0.234 e. The maximum atomic E-state index is 12.3. The van der Waals surface area contributed by atoms with Crippen molar-refractivity contribution in [3.05, 3.63) is 65.2 Å². The topological polar surface area (TPSA) is 109 Å². The van der Waals surface area contributed by atoms with E-state index in [-0.39, 0.29) is 29.9 Å². The standard InChI is InChI=1S/C24H26N4O4S2/c1-16(29)26-18-6-4-7-19(12-18)27-23(31)15-34-24-28-20(14-33-24)13-22(30)25-10-9-17-5-3-8-21(11-17)32-2/h3-8,11-12,14H,9-10,13,15H2,1-2H3,(H,25,30)(H,26,29)(H,27,31). The highest BCUT2D eigenvalue weighted by atomic mass is 32.2. The van der Waals surface area contributed by atoms with Crippen molar-refractivity contribution >= 4 is 52.2 Å². The van der Waals surface area contributed by atoms with Gasteiger partial charge in [0.2, 0.25) is 17.7 Å². The van der Waals surface area contributed by atoms with Crippen LogP contribution in [0, 0.1) is 0 Å². The largest absolute Gasteiger partial charge is 0.497 e. The molecule has 10 heteroatoms. The number of thioether (sulfide) groups is 1. The Morgan fingerprint density at radius 3 is 2.56 bits per heavy atom. The van der Waals surface area contributed by atoms with Gasteiger partial charge >= 0.3 is 0 Å². The van der Waals surface area contributed by atoms with Crippen LogP contribution in [-0.4, -0.2) is 42.1 Å². The Balaban J connectivity index is 1.39. The third-order valence-corrected chi connectivity index (χ3v) is 6.61. The lowest BCUT2D eigenvalue weighted by Crippen LogP contribution is -2.27. The second kappa shape index (κ2) is 12.8. The first-order valence-corrected chi connectivity index (χ1v) is 12.4. The van der Waals surface area contributed by atoms with Gasteiger partial charge in [-0.05, 0) is 42.3 Å². The predicted molar refractivity (Wildman–Crippen MR) is 136 cm³/mol. The number of benzene rings is 2. The summed E-state index contributed by atoms with van der Waals surface area (Å²) in [5.74, 6) is 0.524. The number of methoxy groups -OCH3 is 1. The van der Waals surface area contributed by atoms with Crippen LogP contribution >= 0.6 is 23.1 Å². The van der Waals surface area contributed by atoms with Crippen LogP contribution in [0.15, 0.2) is 58.3 Å². The van der Waals surface area contributed by atoms with E-state index in [0.29, 0.717) is 30.0 Å². The number of hydrogen-bond acceptors (Lipinski definition) is 7. The molecule has 0 saturated carbocycles.